The fraction of sp³-hybridized carbons (Fsp3) is 0.375. The Morgan fingerprint density at radius 3 is 2.90 bits per heavy atom. The molecule has 0 heterocycles. The summed E-state index contributed by atoms with van der Waals surface area (Å²) in [7, 11) is 0. The lowest BCUT2D eigenvalue weighted by molar-refractivity contribution is -0.147. The van der Waals surface area contributed by atoms with Gasteiger partial charge in [0.05, 0.1) is 6.42 Å². The van der Waals surface area contributed by atoms with Crippen molar-refractivity contribution in [2.24, 2.45) is 5.92 Å². The van der Waals surface area contributed by atoms with Crippen molar-refractivity contribution in [3.63, 3.8) is 0 Å². The average Bonchev–Trinajstić information content (AvgIpc) is 2.93. The fourth-order valence-electron chi connectivity index (χ4n) is 2.20. The van der Waals surface area contributed by atoms with Crippen molar-refractivity contribution in [1.82, 2.24) is 0 Å². The van der Waals surface area contributed by atoms with Gasteiger partial charge in [-0.05, 0) is 49.4 Å². The second-order valence-electron chi connectivity index (χ2n) is 5.14. The van der Waals surface area contributed by atoms with E-state index in [9.17, 15) is 9.59 Å². The Balaban J connectivity index is 1.75. The molecule has 5 heteroatoms. The summed E-state index contributed by atoms with van der Waals surface area (Å²) in [6, 6.07) is 5.51. The van der Waals surface area contributed by atoms with E-state index in [-0.39, 0.29) is 24.4 Å². The fourth-order valence-corrected chi connectivity index (χ4v) is 2.45. The maximum atomic E-state index is 11.7. The lowest BCUT2D eigenvalue weighted by Gasteiger charge is -2.09. The van der Waals surface area contributed by atoms with Crippen LogP contribution in [0.5, 0.6) is 0 Å². The first-order chi connectivity index (χ1) is 10.0. The van der Waals surface area contributed by atoms with E-state index in [4.69, 9.17) is 4.74 Å². The molecular weight excluding hydrogens is 334 g/mol. The number of carbonyl (C=O) groups is 2. The zero-order valence-electron chi connectivity index (χ0n) is 11.9. The van der Waals surface area contributed by atoms with Crippen LogP contribution in [0.15, 0.2) is 34.8 Å². The smallest absolute Gasteiger partial charge is 0.306 e. The highest BCUT2D eigenvalue weighted by molar-refractivity contribution is 9.10. The summed E-state index contributed by atoms with van der Waals surface area (Å²) in [6.45, 7) is 1.69. The number of esters is 1. The van der Waals surface area contributed by atoms with Gasteiger partial charge in [0.2, 0.25) is 0 Å². The van der Waals surface area contributed by atoms with Gasteiger partial charge in [-0.3, -0.25) is 9.59 Å². The molecule has 0 aromatic heterocycles. The van der Waals surface area contributed by atoms with Crippen molar-refractivity contribution in [3.8, 4) is 0 Å². The van der Waals surface area contributed by atoms with Crippen LogP contribution in [0.4, 0.5) is 5.69 Å². The largest absolute Gasteiger partial charge is 0.456 e. The summed E-state index contributed by atoms with van der Waals surface area (Å²) in [5, 5.41) is 2.71. The highest BCUT2D eigenvalue weighted by Crippen LogP contribution is 2.21. The molecule has 0 spiro atoms. The van der Waals surface area contributed by atoms with Crippen LogP contribution in [0.25, 0.3) is 0 Å². The van der Waals surface area contributed by atoms with Crippen molar-refractivity contribution in [3.05, 3.63) is 40.4 Å². The first-order valence-electron chi connectivity index (χ1n) is 6.93. The zero-order chi connectivity index (χ0) is 15.2. The molecule has 1 aliphatic rings. The molecule has 1 N–H and O–H groups in total. The Labute approximate surface area is 132 Å². The Bertz CT molecular complexity index is 569. The summed E-state index contributed by atoms with van der Waals surface area (Å²) in [5.41, 5.74) is 1.72. The van der Waals surface area contributed by atoms with E-state index in [1.54, 1.807) is 6.07 Å². The highest BCUT2D eigenvalue weighted by Gasteiger charge is 2.16. The predicted molar refractivity (Wildman–Crippen MR) is 84.9 cm³/mol. The summed E-state index contributed by atoms with van der Waals surface area (Å²) in [4.78, 5) is 23.3. The molecule has 0 unspecified atom stereocenters. The molecule has 0 aliphatic heterocycles. The average molecular weight is 352 g/mol. The maximum Gasteiger partial charge on any atom is 0.306 e. The quantitative estimate of drug-likeness (QED) is 0.651. The first-order valence-corrected chi connectivity index (χ1v) is 7.72. The molecular formula is C16H18BrNO3. The van der Waals surface area contributed by atoms with Crippen LogP contribution >= 0.6 is 15.9 Å². The molecule has 21 heavy (non-hydrogen) atoms. The van der Waals surface area contributed by atoms with Gasteiger partial charge in [0.1, 0.15) is 0 Å². The third-order valence-electron chi connectivity index (χ3n) is 3.35. The summed E-state index contributed by atoms with van der Waals surface area (Å²) in [5.74, 6) is -0.393. The molecule has 0 saturated heterocycles. The number of amides is 1. The summed E-state index contributed by atoms with van der Waals surface area (Å²) in [6.07, 6.45) is 6.45. The van der Waals surface area contributed by atoms with Crippen molar-refractivity contribution in [1.29, 1.82) is 0 Å². The van der Waals surface area contributed by atoms with Gasteiger partial charge in [-0.25, -0.2) is 0 Å². The van der Waals surface area contributed by atoms with Gasteiger partial charge >= 0.3 is 5.97 Å². The normalized spacial score (nSPS) is 16.8. The number of benzene rings is 1. The Morgan fingerprint density at radius 2 is 2.24 bits per heavy atom. The number of hydrogen-bond donors (Lipinski definition) is 1. The lowest BCUT2D eigenvalue weighted by atomic mass is 10.1. The first kappa shape index (κ1) is 15.8. The van der Waals surface area contributed by atoms with Crippen molar-refractivity contribution < 1.29 is 14.3 Å². The number of allylic oxidation sites excluding steroid dienone is 2. The minimum absolute atomic E-state index is 0.246. The monoisotopic (exact) mass is 351 g/mol. The highest BCUT2D eigenvalue weighted by atomic mass is 79.9. The topological polar surface area (TPSA) is 55.4 Å². The Hall–Kier alpha value is -1.62. The lowest BCUT2D eigenvalue weighted by Crippen LogP contribution is -2.21. The molecule has 1 aliphatic carbocycles. The number of hydrogen-bond acceptors (Lipinski definition) is 3. The van der Waals surface area contributed by atoms with Crippen LogP contribution in [0.2, 0.25) is 0 Å². The molecule has 112 valence electrons. The summed E-state index contributed by atoms with van der Waals surface area (Å²) < 4.78 is 5.98. The number of rotatable bonds is 5. The van der Waals surface area contributed by atoms with Crippen LogP contribution in [0, 0.1) is 12.8 Å². The van der Waals surface area contributed by atoms with Gasteiger partial charge in [-0.1, -0.05) is 28.1 Å². The molecule has 1 aromatic carbocycles. The van der Waals surface area contributed by atoms with Gasteiger partial charge < -0.3 is 10.1 Å². The second kappa shape index (κ2) is 7.41. The van der Waals surface area contributed by atoms with Crippen molar-refractivity contribution in [2.75, 3.05) is 11.9 Å². The number of carbonyl (C=O) groups excluding carboxylic acids is 2. The van der Waals surface area contributed by atoms with Gasteiger partial charge in [0, 0.05) is 10.2 Å². The van der Waals surface area contributed by atoms with Crippen molar-refractivity contribution >= 4 is 33.5 Å². The van der Waals surface area contributed by atoms with E-state index in [0.717, 1.165) is 22.9 Å². The van der Waals surface area contributed by atoms with E-state index >= 15 is 0 Å². The third-order valence-corrected chi connectivity index (χ3v) is 4.24. The molecule has 0 radical (unpaired) electrons. The van der Waals surface area contributed by atoms with E-state index in [1.807, 2.05) is 25.1 Å². The molecule has 0 fully saturated rings. The van der Waals surface area contributed by atoms with Crippen LogP contribution in [-0.4, -0.2) is 18.5 Å². The molecule has 1 amide bonds. The van der Waals surface area contributed by atoms with Crippen molar-refractivity contribution in [2.45, 2.75) is 26.2 Å². The Morgan fingerprint density at radius 1 is 1.43 bits per heavy atom. The van der Waals surface area contributed by atoms with Gasteiger partial charge in [-0.15, -0.1) is 0 Å². The van der Waals surface area contributed by atoms with Gasteiger partial charge in [0.25, 0.3) is 5.91 Å². The standard InChI is InChI=1S/C16H18BrNO3/c1-11-8-13(6-7-14(11)17)18-15(19)10-21-16(20)9-12-4-2-3-5-12/h2,4,6-8,12H,3,5,9-10H2,1H3,(H,18,19)/t12-/m1/s1. The molecule has 0 saturated carbocycles. The third kappa shape index (κ3) is 5.01. The van der Waals surface area contributed by atoms with E-state index in [2.05, 4.69) is 27.3 Å². The van der Waals surface area contributed by atoms with Crippen LogP contribution in [0.1, 0.15) is 24.8 Å². The summed E-state index contributed by atoms with van der Waals surface area (Å²) >= 11 is 3.40. The molecule has 2 rings (SSSR count). The van der Waals surface area contributed by atoms with Crippen LogP contribution < -0.4 is 5.32 Å². The van der Waals surface area contributed by atoms with Gasteiger partial charge in [0.15, 0.2) is 6.61 Å². The zero-order valence-corrected chi connectivity index (χ0v) is 13.5. The van der Waals surface area contributed by atoms with Gasteiger partial charge in [-0.2, -0.15) is 0 Å². The number of aryl methyl sites for hydroxylation is 1. The number of ether oxygens (including phenoxy) is 1. The molecule has 4 nitrogen and oxygen atoms in total. The SMILES string of the molecule is Cc1cc(NC(=O)COC(=O)C[C@@H]2C=CCC2)ccc1Br. The second-order valence-corrected chi connectivity index (χ2v) is 6.00. The molecule has 1 aromatic rings. The number of nitrogens with one attached hydrogen (secondary N) is 1. The number of anilines is 1. The Kier molecular flexibility index (Phi) is 5.56. The van der Waals surface area contributed by atoms with E-state index in [0.29, 0.717) is 12.1 Å². The van der Waals surface area contributed by atoms with Crippen LogP contribution in [-0.2, 0) is 14.3 Å². The number of halogens is 1. The van der Waals surface area contributed by atoms with Crippen LogP contribution in [0.3, 0.4) is 0 Å². The molecule has 0 bridgehead atoms. The molecule has 1 atom stereocenters. The minimum Gasteiger partial charge on any atom is -0.456 e. The maximum absolute atomic E-state index is 11.7. The minimum atomic E-state index is -0.327. The predicted octanol–water partition coefficient (Wildman–Crippen LogP) is 3.60. The van der Waals surface area contributed by atoms with E-state index < -0.39 is 0 Å². The van der Waals surface area contributed by atoms with E-state index in [1.165, 1.54) is 0 Å².